The van der Waals surface area contributed by atoms with E-state index >= 15 is 0 Å². The quantitative estimate of drug-likeness (QED) is 0.789. The molecule has 3 aliphatic rings. The van der Waals surface area contributed by atoms with Crippen LogP contribution in [0.1, 0.15) is 25.8 Å². The highest BCUT2D eigenvalue weighted by atomic mass is 16.7. The normalized spacial score (nSPS) is 34.0. The van der Waals surface area contributed by atoms with Gasteiger partial charge in [0.05, 0.1) is 0 Å². The number of rotatable bonds is 1. The fourth-order valence-corrected chi connectivity index (χ4v) is 3.86. The van der Waals surface area contributed by atoms with E-state index in [0.717, 1.165) is 24.5 Å². The van der Waals surface area contributed by atoms with Crippen molar-refractivity contribution in [3.63, 3.8) is 0 Å². The second-order valence-corrected chi connectivity index (χ2v) is 6.42. The van der Waals surface area contributed by atoms with Crippen LogP contribution in [0, 0.1) is 0 Å². The first-order valence-corrected chi connectivity index (χ1v) is 7.64. The molecule has 110 valence electrons. The van der Waals surface area contributed by atoms with E-state index in [-0.39, 0.29) is 11.7 Å². The molecule has 3 atom stereocenters. The van der Waals surface area contributed by atoms with Crippen LogP contribution in [0.2, 0.25) is 0 Å². The molecule has 0 amide bonds. The Bertz CT molecular complexity index is 649. The van der Waals surface area contributed by atoms with E-state index in [4.69, 9.17) is 9.47 Å². The summed E-state index contributed by atoms with van der Waals surface area (Å²) in [5.41, 5.74) is 2.74. The topological polar surface area (TPSA) is 21.7 Å². The lowest BCUT2D eigenvalue weighted by Gasteiger charge is -2.36. The van der Waals surface area contributed by atoms with Gasteiger partial charge in [-0.25, -0.2) is 0 Å². The van der Waals surface area contributed by atoms with Crippen LogP contribution in [-0.2, 0) is 5.41 Å². The first-order valence-electron chi connectivity index (χ1n) is 7.64. The van der Waals surface area contributed by atoms with Crippen LogP contribution < -0.4 is 9.47 Å². The Morgan fingerprint density at radius 1 is 1.24 bits per heavy atom. The van der Waals surface area contributed by atoms with Crippen LogP contribution in [0.3, 0.4) is 0 Å². The molecule has 1 unspecified atom stereocenters. The van der Waals surface area contributed by atoms with Gasteiger partial charge in [-0.1, -0.05) is 29.9 Å². The number of likely N-dealkylation sites (N-methyl/N-ethyl adjacent to an activating group) is 1. The fraction of sp³-hybridized carbons (Fsp3) is 0.444. The Balaban J connectivity index is 1.79. The van der Waals surface area contributed by atoms with Crippen molar-refractivity contribution in [1.82, 2.24) is 4.90 Å². The van der Waals surface area contributed by atoms with Gasteiger partial charge >= 0.3 is 0 Å². The van der Waals surface area contributed by atoms with Gasteiger partial charge in [-0.15, -0.1) is 0 Å². The van der Waals surface area contributed by atoms with Gasteiger partial charge in [0.15, 0.2) is 11.5 Å². The summed E-state index contributed by atoms with van der Waals surface area (Å²) in [6.07, 6.45) is 7.99. The number of benzene rings is 1. The summed E-state index contributed by atoms with van der Waals surface area (Å²) in [7, 11) is 2.21. The van der Waals surface area contributed by atoms with Crippen LogP contribution >= 0.6 is 0 Å². The van der Waals surface area contributed by atoms with E-state index in [1.807, 2.05) is 6.92 Å². The molecule has 0 aromatic heterocycles. The summed E-state index contributed by atoms with van der Waals surface area (Å²) < 4.78 is 11.4. The maximum atomic E-state index is 5.76. The summed E-state index contributed by atoms with van der Waals surface area (Å²) in [4.78, 5) is 2.44. The summed E-state index contributed by atoms with van der Waals surface area (Å²) in [6.45, 7) is 5.22. The SMILES string of the molecule is CC1=C[C@@H]2N(C)CC[C@]2(c2ccc3c(c2)OC(C)O3)C=C1. The van der Waals surface area contributed by atoms with Gasteiger partial charge in [-0.2, -0.15) is 0 Å². The zero-order valence-corrected chi connectivity index (χ0v) is 12.8. The smallest absolute Gasteiger partial charge is 0.238 e. The molecule has 4 rings (SSSR count). The van der Waals surface area contributed by atoms with Crippen LogP contribution in [0.15, 0.2) is 42.0 Å². The van der Waals surface area contributed by atoms with Gasteiger partial charge in [-0.05, 0) is 44.6 Å². The Labute approximate surface area is 125 Å². The van der Waals surface area contributed by atoms with Crippen molar-refractivity contribution in [2.45, 2.75) is 38.0 Å². The number of ether oxygens (including phenoxy) is 2. The van der Waals surface area contributed by atoms with E-state index in [1.54, 1.807) is 0 Å². The van der Waals surface area contributed by atoms with Crippen molar-refractivity contribution in [2.24, 2.45) is 0 Å². The van der Waals surface area contributed by atoms with Crippen molar-refractivity contribution >= 4 is 0 Å². The second-order valence-electron chi connectivity index (χ2n) is 6.42. The van der Waals surface area contributed by atoms with Gasteiger partial charge in [0.2, 0.25) is 6.29 Å². The van der Waals surface area contributed by atoms with Gasteiger partial charge in [0.1, 0.15) is 0 Å². The zero-order chi connectivity index (χ0) is 14.6. The third kappa shape index (κ3) is 1.84. The molecule has 1 fully saturated rings. The van der Waals surface area contributed by atoms with Crippen LogP contribution in [-0.4, -0.2) is 30.8 Å². The largest absolute Gasteiger partial charge is 0.451 e. The molecule has 1 aromatic rings. The van der Waals surface area contributed by atoms with Gasteiger partial charge in [-0.3, -0.25) is 4.90 Å². The van der Waals surface area contributed by atoms with E-state index in [9.17, 15) is 0 Å². The molecule has 0 N–H and O–H groups in total. The zero-order valence-electron chi connectivity index (χ0n) is 12.8. The maximum Gasteiger partial charge on any atom is 0.238 e. The van der Waals surface area contributed by atoms with Crippen molar-refractivity contribution < 1.29 is 9.47 Å². The molecule has 3 heteroatoms. The Morgan fingerprint density at radius 2 is 2.05 bits per heavy atom. The highest BCUT2D eigenvalue weighted by molar-refractivity contribution is 5.51. The van der Waals surface area contributed by atoms with E-state index in [0.29, 0.717) is 6.04 Å². The van der Waals surface area contributed by atoms with Crippen molar-refractivity contribution in [1.29, 1.82) is 0 Å². The fourth-order valence-electron chi connectivity index (χ4n) is 3.86. The molecule has 0 saturated carbocycles. The average Bonchev–Trinajstić information content (AvgIpc) is 2.99. The molecule has 0 bridgehead atoms. The molecule has 0 radical (unpaired) electrons. The number of fused-ring (bicyclic) bond motifs is 2. The molecule has 21 heavy (non-hydrogen) atoms. The summed E-state index contributed by atoms with van der Waals surface area (Å²) in [6, 6.07) is 6.85. The number of hydrogen-bond acceptors (Lipinski definition) is 3. The van der Waals surface area contributed by atoms with Crippen molar-refractivity contribution in [3.8, 4) is 11.5 Å². The van der Waals surface area contributed by atoms with Crippen molar-refractivity contribution in [3.05, 3.63) is 47.6 Å². The van der Waals surface area contributed by atoms with E-state index < -0.39 is 0 Å². The van der Waals surface area contributed by atoms with Crippen LogP contribution in [0.4, 0.5) is 0 Å². The molecule has 3 nitrogen and oxygen atoms in total. The molecule has 1 aliphatic carbocycles. The lowest BCUT2D eigenvalue weighted by Crippen LogP contribution is -2.39. The predicted octanol–water partition coefficient (Wildman–Crippen LogP) is 3.26. The Hall–Kier alpha value is -1.74. The second kappa shape index (κ2) is 4.38. The van der Waals surface area contributed by atoms with Gasteiger partial charge < -0.3 is 9.47 Å². The van der Waals surface area contributed by atoms with Crippen LogP contribution in [0.25, 0.3) is 0 Å². The highest BCUT2D eigenvalue weighted by Gasteiger charge is 2.46. The average molecular weight is 283 g/mol. The third-order valence-electron chi connectivity index (χ3n) is 5.01. The van der Waals surface area contributed by atoms with Crippen molar-refractivity contribution in [2.75, 3.05) is 13.6 Å². The minimum atomic E-state index is -0.182. The number of likely N-dealkylation sites (tertiary alicyclic amines) is 1. The number of allylic oxidation sites excluding steroid dienone is 2. The van der Waals surface area contributed by atoms with E-state index in [2.05, 4.69) is 55.3 Å². The highest BCUT2D eigenvalue weighted by Crippen LogP contribution is 2.47. The minimum absolute atomic E-state index is 0.0679. The molecule has 2 aliphatic heterocycles. The minimum Gasteiger partial charge on any atom is -0.451 e. The molecule has 0 spiro atoms. The number of hydrogen-bond donors (Lipinski definition) is 0. The molecule has 1 saturated heterocycles. The standard InChI is InChI=1S/C18H21NO2/c1-12-6-7-18(8-9-19(3)17(18)10-12)14-4-5-15-16(11-14)21-13(2)20-15/h4-7,10-11,13,17H,8-9H2,1-3H3/t13?,17-,18-/m0/s1. The number of nitrogens with zero attached hydrogens (tertiary/aromatic N) is 1. The molecule has 1 aromatic carbocycles. The summed E-state index contributed by atoms with van der Waals surface area (Å²) >= 11 is 0. The van der Waals surface area contributed by atoms with Gasteiger partial charge in [0, 0.05) is 18.4 Å². The summed E-state index contributed by atoms with van der Waals surface area (Å²) in [5, 5.41) is 0. The Kier molecular flexibility index (Phi) is 2.70. The lowest BCUT2D eigenvalue weighted by molar-refractivity contribution is 0.0678. The summed E-state index contributed by atoms with van der Waals surface area (Å²) in [5.74, 6) is 1.74. The monoisotopic (exact) mass is 283 g/mol. The lowest BCUT2D eigenvalue weighted by atomic mass is 9.71. The molecule has 2 heterocycles. The Morgan fingerprint density at radius 3 is 2.90 bits per heavy atom. The predicted molar refractivity (Wildman–Crippen MR) is 82.8 cm³/mol. The first-order chi connectivity index (χ1) is 10.1. The molecular weight excluding hydrogens is 262 g/mol. The third-order valence-corrected chi connectivity index (χ3v) is 5.01. The van der Waals surface area contributed by atoms with E-state index in [1.165, 1.54) is 11.1 Å². The molecular formula is C18H21NO2. The first kappa shape index (κ1) is 13.0. The maximum absolute atomic E-state index is 5.76. The van der Waals surface area contributed by atoms with Gasteiger partial charge in [0.25, 0.3) is 0 Å². The van der Waals surface area contributed by atoms with Crippen LogP contribution in [0.5, 0.6) is 11.5 Å².